The van der Waals surface area contributed by atoms with Crippen LogP contribution in [0.5, 0.6) is 11.5 Å². The minimum absolute atomic E-state index is 0.00623. The molecule has 0 aromatic heterocycles. The number of hydrogen-bond donors (Lipinski definition) is 2. The molecule has 0 bridgehead atoms. The number of rotatable bonds is 9. The van der Waals surface area contributed by atoms with Crippen molar-refractivity contribution in [2.75, 3.05) is 13.7 Å². The normalized spacial score (nSPS) is 12.4. The third-order valence-electron chi connectivity index (χ3n) is 3.37. The van der Waals surface area contributed by atoms with E-state index in [0.717, 1.165) is 0 Å². The maximum absolute atomic E-state index is 11.5. The van der Waals surface area contributed by atoms with Crippen LogP contribution >= 0.6 is 0 Å². The molecule has 1 aromatic carbocycles. The van der Waals surface area contributed by atoms with Crippen LogP contribution in [0.1, 0.15) is 26.3 Å². The first kappa shape index (κ1) is 22.9. The van der Waals surface area contributed by atoms with Crippen LogP contribution in [0.2, 0.25) is 0 Å². The number of methoxy groups -OCH3 is 1. The van der Waals surface area contributed by atoms with Crippen LogP contribution in [0.3, 0.4) is 0 Å². The highest BCUT2D eigenvalue weighted by molar-refractivity contribution is 5.75. The summed E-state index contributed by atoms with van der Waals surface area (Å²) in [6.07, 6.45) is -1.44. The predicted octanol–water partition coefficient (Wildman–Crippen LogP) is 1.29. The van der Waals surface area contributed by atoms with Gasteiger partial charge in [0.25, 0.3) is 0 Å². The topological polar surface area (TPSA) is 137 Å². The van der Waals surface area contributed by atoms with E-state index in [1.54, 1.807) is 13.0 Å². The van der Waals surface area contributed by atoms with Gasteiger partial charge in [-0.05, 0) is 31.0 Å². The molecule has 1 aromatic rings. The van der Waals surface area contributed by atoms with Gasteiger partial charge in [0.15, 0.2) is 11.5 Å². The van der Waals surface area contributed by atoms with Gasteiger partial charge < -0.3 is 29.4 Å². The smallest absolute Gasteiger partial charge is 0.480 e. The van der Waals surface area contributed by atoms with E-state index in [2.05, 4.69) is 10.1 Å². The molecule has 0 saturated carbocycles. The monoisotopic (exact) mass is 397 g/mol. The number of esters is 2. The van der Waals surface area contributed by atoms with Gasteiger partial charge in [0, 0.05) is 20.4 Å². The van der Waals surface area contributed by atoms with Crippen molar-refractivity contribution in [3.63, 3.8) is 0 Å². The van der Waals surface area contributed by atoms with Crippen LogP contribution in [0.15, 0.2) is 18.2 Å². The average molecular weight is 397 g/mol. The molecule has 0 radical (unpaired) electrons. The summed E-state index contributed by atoms with van der Waals surface area (Å²) >= 11 is 0. The Balaban J connectivity index is 2.88. The van der Waals surface area contributed by atoms with Crippen molar-refractivity contribution < 1.29 is 43.2 Å². The molecule has 0 aliphatic heterocycles. The lowest BCUT2D eigenvalue weighted by atomic mass is 10.0. The summed E-state index contributed by atoms with van der Waals surface area (Å²) in [6, 6.07) is 3.38. The van der Waals surface area contributed by atoms with E-state index < -0.39 is 36.2 Å². The van der Waals surface area contributed by atoms with Gasteiger partial charge in [-0.15, -0.1) is 0 Å². The number of benzene rings is 1. The van der Waals surface area contributed by atoms with Gasteiger partial charge in [-0.1, -0.05) is 6.07 Å². The quantitative estimate of drug-likeness (QED) is 0.463. The molecule has 2 atom stereocenters. The zero-order valence-corrected chi connectivity index (χ0v) is 16.0. The number of carboxylic acids is 1. The van der Waals surface area contributed by atoms with Crippen molar-refractivity contribution in [1.29, 1.82) is 0 Å². The molecule has 0 aliphatic rings. The predicted molar refractivity (Wildman–Crippen MR) is 95.1 cm³/mol. The summed E-state index contributed by atoms with van der Waals surface area (Å²) in [5.41, 5.74) is 0.522. The molecule has 1 rings (SSSR count). The Morgan fingerprint density at radius 1 is 1.07 bits per heavy atom. The van der Waals surface area contributed by atoms with Gasteiger partial charge in [0.1, 0.15) is 12.1 Å². The van der Waals surface area contributed by atoms with Gasteiger partial charge in [0.05, 0.1) is 7.11 Å². The van der Waals surface area contributed by atoms with Crippen LogP contribution < -0.4 is 14.8 Å². The van der Waals surface area contributed by atoms with Gasteiger partial charge in [0.2, 0.25) is 0 Å². The molecule has 154 valence electrons. The Morgan fingerprint density at radius 2 is 1.68 bits per heavy atom. The molecule has 0 amide bonds. The summed E-state index contributed by atoms with van der Waals surface area (Å²) in [4.78, 5) is 45.0. The van der Waals surface area contributed by atoms with E-state index in [-0.39, 0.29) is 24.5 Å². The van der Waals surface area contributed by atoms with Gasteiger partial charge in [-0.2, -0.15) is 0 Å². The van der Waals surface area contributed by atoms with Gasteiger partial charge in [-0.3, -0.25) is 14.4 Å². The Bertz CT molecular complexity index is 732. The molecule has 0 aliphatic carbocycles. The molecular weight excluding hydrogens is 374 g/mol. The van der Waals surface area contributed by atoms with Crippen molar-refractivity contribution in [2.24, 2.45) is 0 Å². The largest absolute Gasteiger partial charge is 0.508 e. The van der Waals surface area contributed by atoms with Crippen LogP contribution in [-0.4, -0.2) is 55.0 Å². The average Bonchev–Trinajstić information content (AvgIpc) is 2.59. The third kappa shape index (κ3) is 8.04. The molecule has 0 fully saturated rings. The SMILES string of the molecule is COC(=O)OC(C)CN[C@@H](Cc1ccc(OC(C)=O)c(OC(C)=O)c1)C(=O)O. The lowest BCUT2D eigenvalue weighted by molar-refractivity contribution is -0.139. The zero-order valence-electron chi connectivity index (χ0n) is 16.0. The minimum atomic E-state index is -1.12. The third-order valence-corrected chi connectivity index (χ3v) is 3.37. The Hall–Kier alpha value is -3.14. The Kier molecular flexibility index (Phi) is 8.89. The number of carbonyl (C=O) groups is 4. The summed E-state index contributed by atoms with van der Waals surface area (Å²) in [6.45, 7) is 4.05. The molecule has 2 N–H and O–H groups in total. The van der Waals surface area contributed by atoms with Crippen molar-refractivity contribution in [3.05, 3.63) is 23.8 Å². The van der Waals surface area contributed by atoms with Crippen LogP contribution in [0.4, 0.5) is 4.79 Å². The van der Waals surface area contributed by atoms with Crippen molar-refractivity contribution in [3.8, 4) is 11.5 Å². The first-order valence-corrected chi connectivity index (χ1v) is 8.33. The second-order valence-electron chi connectivity index (χ2n) is 5.85. The summed E-state index contributed by atoms with van der Waals surface area (Å²) in [5, 5.41) is 12.2. The zero-order chi connectivity index (χ0) is 21.3. The number of nitrogens with one attached hydrogen (secondary N) is 1. The lowest BCUT2D eigenvalue weighted by Gasteiger charge is -2.18. The summed E-state index contributed by atoms with van der Waals surface area (Å²) < 4.78 is 19.2. The van der Waals surface area contributed by atoms with Gasteiger partial charge in [-0.25, -0.2) is 4.79 Å². The first-order valence-electron chi connectivity index (χ1n) is 8.33. The molecule has 10 heteroatoms. The Labute approximate surface area is 161 Å². The highest BCUT2D eigenvalue weighted by Crippen LogP contribution is 2.29. The fourth-order valence-electron chi connectivity index (χ4n) is 2.20. The molecule has 28 heavy (non-hydrogen) atoms. The summed E-state index contributed by atoms with van der Waals surface area (Å²) in [5.74, 6) is -2.28. The van der Waals surface area contributed by atoms with E-state index in [0.29, 0.717) is 5.56 Å². The maximum atomic E-state index is 11.5. The van der Waals surface area contributed by atoms with E-state index in [4.69, 9.17) is 14.2 Å². The van der Waals surface area contributed by atoms with E-state index in [1.807, 2.05) is 0 Å². The lowest BCUT2D eigenvalue weighted by Crippen LogP contribution is -2.42. The summed E-state index contributed by atoms with van der Waals surface area (Å²) in [7, 11) is 1.17. The van der Waals surface area contributed by atoms with Crippen LogP contribution in [-0.2, 0) is 30.3 Å². The van der Waals surface area contributed by atoms with Crippen LogP contribution in [0.25, 0.3) is 0 Å². The van der Waals surface area contributed by atoms with Crippen molar-refractivity contribution in [1.82, 2.24) is 5.32 Å². The molecule has 1 unspecified atom stereocenters. The van der Waals surface area contributed by atoms with Crippen molar-refractivity contribution >= 4 is 24.1 Å². The minimum Gasteiger partial charge on any atom is -0.480 e. The maximum Gasteiger partial charge on any atom is 0.508 e. The molecule has 0 saturated heterocycles. The highest BCUT2D eigenvalue weighted by Gasteiger charge is 2.21. The van der Waals surface area contributed by atoms with E-state index in [1.165, 1.54) is 33.1 Å². The second kappa shape index (κ2) is 10.9. The number of carbonyl (C=O) groups excluding carboxylic acids is 3. The number of ether oxygens (including phenoxy) is 4. The van der Waals surface area contributed by atoms with Gasteiger partial charge >= 0.3 is 24.1 Å². The van der Waals surface area contributed by atoms with E-state index in [9.17, 15) is 24.3 Å². The fraction of sp³-hybridized carbons (Fsp3) is 0.444. The molecule has 10 nitrogen and oxygen atoms in total. The second-order valence-corrected chi connectivity index (χ2v) is 5.85. The van der Waals surface area contributed by atoms with Crippen LogP contribution in [0, 0.1) is 0 Å². The van der Waals surface area contributed by atoms with E-state index >= 15 is 0 Å². The highest BCUT2D eigenvalue weighted by atomic mass is 16.7. The molecular formula is C18H23NO9. The number of hydrogen-bond acceptors (Lipinski definition) is 9. The molecule has 0 heterocycles. The fourth-order valence-corrected chi connectivity index (χ4v) is 2.20. The number of aliphatic carboxylic acids is 1. The van der Waals surface area contributed by atoms with Crippen molar-refractivity contribution in [2.45, 2.75) is 39.3 Å². The number of carboxylic acid groups (broad SMARTS) is 1. The Morgan fingerprint density at radius 3 is 2.21 bits per heavy atom. The molecule has 0 spiro atoms. The standard InChI is InChI=1S/C18H23NO9/c1-10(26-18(24)25-4)9-19-14(17(22)23)7-13-5-6-15(27-11(2)20)16(8-13)28-12(3)21/h5-6,8,10,14,19H,7,9H2,1-4H3,(H,22,23)/t10?,14-/m0/s1. The first-order chi connectivity index (χ1) is 13.1.